The van der Waals surface area contributed by atoms with Crippen LogP contribution in [0.15, 0.2) is 71.9 Å². The summed E-state index contributed by atoms with van der Waals surface area (Å²) < 4.78 is 5.15. The van der Waals surface area contributed by atoms with Crippen molar-refractivity contribution < 1.29 is 14.3 Å². The molecule has 0 atom stereocenters. The van der Waals surface area contributed by atoms with Gasteiger partial charge in [0.1, 0.15) is 11.0 Å². The molecule has 226 valence electrons. The van der Waals surface area contributed by atoms with E-state index in [2.05, 4.69) is 51.2 Å². The minimum atomic E-state index is -0.158. The van der Waals surface area contributed by atoms with E-state index in [0.717, 1.165) is 44.1 Å². The summed E-state index contributed by atoms with van der Waals surface area (Å²) in [5.74, 6) is 1.17. The van der Waals surface area contributed by atoms with E-state index in [1.54, 1.807) is 0 Å². The van der Waals surface area contributed by atoms with E-state index < -0.39 is 0 Å². The summed E-state index contributed by atoms with van der Waals surface area (Å²) in [7, 11) is 0. The van der Waals surface area contributed by atoms with Gasteiger partial charge in [-0.25, -0.2) is 9.97 Å². The van der Waals surface area contributed by atoms with Gasteiger partial charge in [0, 0.05) is 63.2 Å². The highest BCUT2D eigenvalue weighted by molar-refractivity contribution is 7.98. The fourth-order valence-electron chi connectivity index (χ4n) is 5.38. The molecule has 0 bridgehead atoms. The first kappa shape index (κ1) is 31.0. The van der Waals surface area contributed by atoms with Crippen LogP contribution in [0.25, 0.3) is 6.08 Å². The van der Waals surface area contributed by atoms with Crippen LogP contribution in [0.3, 0.4) is 0 Å². The van der Waals surface area contributed by atoms with Crippen molar-refractivity contribution in [2.75, 3.05) is 57.3 Å². The van der Waals surface area contributed by atoms with Gasteiger partial charge in [-0.15, -0.1) is 0 Å². The number of anilines is 1. The number of piperazine rings is 1. The largest absolute Gasteiger partial charge is 0.466 e. The van der Waals surface area contributed by atoms with Crippen LogP contribution in [0.1, 0.15) is 41.3 Å². The molecule has 0 radical (unpaired) electrons. The summed E-state index contributed by atoms with van der Waals surface area (Å²) in [4.78, 5) is 41.0. The molecule has 0 saturated carbocycles. The topological polar surface area (TPSA) is 78.9 Å². The van der Waals surface area contributed by atoms with Gasteiger partial charge < -0.3 is 14.5 Å². The average molecular weight is 620 g/mol. The van der Waals surface area contributed by atoms with Crippen molar-refractivity contribution in [3.63, 3.8) is 0 Å². The third-order valence-electron chi connectivity index (χ3n) is 7.77. The van der Waals surface area contributed by atoms with Crippen LogP contribution in [0.5, 0.6) is 0 Å². The Bertz CT molecular complexity index is 1410. The van der Waals surface area contributed by atoms with Crippen molar-refractivity contribution in [1.82, 2.24) is 19.8 Å². The Morgan fingerprint density at radius 3 is 2.49 bits per heavy atom. The quantitative estimate of drug-likeness (QED) is 0.124. The second-order valence-corrected chi connectivity index (χ2v) is 12.1. The summed E-state index contributed by atoms with van der Waals surface area (Å²) in [6.07, 6.45) is 5.66. The molecule has 3 aromatic rings. The van der Waals surface area contributed by atoms with E-state index in [1.807, 2.05) is 48.2 Å². The van der Waals surface area contributed by atoms with Crippen LogP contribution in [-0.2, 0) is 15.3 Å². The number of likely N-dealkylation sites (tertiary alicyclic amines) is 1. The normalized spacial score (nSPS) is 16.5. The summed E-state index contributed by atoms with van der Waals surface area (Å²) in [5.41, 5.74) is 2.88. The lowest BCUT2D eigenvalue weighted by Crippen LogP contribution is -2.46. The monoisotopic (exact) mass is 619 g/mol. The Labute approximate surface area is 263 Å². The Balaban J connectivity index is 1.12. The number of hydrogen-bond donors (Lipinski definition) is 0. The lowest BCUT2D eigenvalue weighted by Gasteiger charge is -2.35. The fourth-order valence-corrected chi connectivity index (χ4v) is 6.40. The summed E-state index contributed by atoms with van der Waals surface area (Å²) in [5, 5.41) is 1.05. The van der Waals surface area contributed by atoms with E-state index in [9.17, 15) is 9.59 Å². The predicted molar refractivity (Wildman–Crippen MR) is 172 cm³/mol. The molecule has 2 aromatic carbocycles. The molecule has 2 aliphatic heterocycles. The lowest BCUT2D eigenvalue weighted by atomic mass is 9.96. The molecule has 3 heterocycles. The van der Waals surface area contributed by atoms with Gasteiger partial charge in [-0.05, 0) is 43.0 Å². The number of esters is 1. The van der Waals surface area contributed by atoms with E-state index in [4.69, 9.17) is 21.3 Å². The number of halogens is 1. The van der Waals surface area contributed by atoms with Gasteiger partial charge in [-0.1, -0.05) is 78.0 Å². The Morgan fingerprint density at radius 1 is 0.977 bits per heavy atom. The van der Waals surface area contributed by atoms with Crippen molar-refractivity contribution in [3.05, 3.63) is 88.6 Å². The van der Waals surface area contributed by atoms with Crippen molar-refractivity contribution >= 4 is 47.1 Å². The Morgan fingerprint density at radius 2 is 1.74 bits per heavy atom. The lowest BCUT2D eigenvalue weighted by molar-refractivity contribution is -0.149. The molecule has 1 amide bonds. The van der Waals surface area contributed by atoms with E-state index in [-0.39, 0.29) is 17.8 Å². The van der Waals surface area contributed by atoms with Gasteiger partial charge in [0.2, 0.25) is 0 Å². The standard InChI is InChI=1S/C33H38ClN5O3S/c1-2-42-32(41)27-13-16-39(17-14-27)31(40)28-12-6-10-26(22-28)24-43-33-35-29(34)23-30(36-33)38-20-18-37(19-21-38)15-7-11-25-8-4-3-5-9-25/h3-12,22-23,27H,2,13-21,24H2,1H3. The van der Waals surface area contributed by atoms with E-state index >= 15 is 0 Å². The van der Waals surface area contributed by atoms with Gasteiger partial charge in [0.25, 0.3) is 5.91 Å². The fraction of sp³-hybridized carbons (Fsp3) is 0.394. The van der Waals surface area contributed by atoms with Crippen molar-refractivity contribution in [1.29, 1.82) is 0 Å². The van der Waals surface area contributed by atoms with Gasteiger partial charge in [0.15, 0.2) is 5.16 Å². The summed E-state index contributed by atoms with van der Waals surface area (Å²) >= 11 is 7.93. The second kappa shape index (κ2) is 15.4. The van der Waals surface area contributed by atoms with Crippen molar-refractivity contribution in [3.8, 4) is 0 Å². The number of carbonyl (C=O) groups excluding carboxylic acids is 2. The smallest absolute Gasteiger partial charge is 0.309 e. The van der Waals surface area contributed by atoms with Crippen LogP contribution in [0, 0.1) is 5.92 Å². The van der Waals surface area contributed by atoms with Gasteiger partial charge in [0.05, 0.1) is 12.5 Å². The minimum Gasteiger partial charge on any atom is -0.466 e. The maximum absolute atomic E-state index is 13.2. The molecule has 0 spiro atoms. The molecule has 1 aromatic heterocycles. The maximum atomic E-state index is 13.2. The average Bonchev–Trinajstić information content (AvgIpc) is 3.04. The van der Waals surface area contributed by atoms with Crippen LogP contribution < -0.4 is 4.90 Å². The molecule has 10 heteroatoms. The maximum Gasteiger partial charge on any atom is 0.309 e. The third-order valence-corrected chi connectivity index (χ3v) is 8.89. The number of carbonyl (C=O) groups is 2. The highest BCUT2D eigenvalue weighted by atomic mass is 35.5. The predicted octanol–water partition coefficient (Wildman–Crippen LogP) is 5.67. The van der Waals surface area contributed by atoms with E-state index in [0.29, 0.717) is 54.2 Å². The highest BCUT2D eigenvalue weighted by Crippen LogP contribution is 2.26. The molecule has 0 N–H and O–H groups in total. The van der Waals surface area contributed by atoms with E-state index in [1.165, 1.54) is 17.3 Å². The Kier molecular flexibility index (Phi) is 11.1. The van der Waals surface area contributed by atoms with Crippen LogP contribution in [0.4, 0.5) is 5.82 Å². The molecule has 0 aliphatic carbocycles. The first-order valence-corrected chi connectivity index (χ1v) is 16.3. The number of ether oxygens (including phenoxy) is 1. The summed E-state index contributed by atoms with van der Waals surface area (Å²) in [6.45, 7) is 7.87. The van der Waals surface area contributed by atoms with Gasteiger partial charge in [-0.3, -0.25) is 14.5 Å². The first-order valence-electron chi connectivity index (χ1n) is 14.9. The molecule has 2 aliphatic rings. The number of hydrogen-bond acceptors (Lipinski definition) is 8. The number of nitrogens with zero attached hydrogens (tertiary/aromatic N) is 5. The zero-order valence-electron chi connectivity index (χ0n) is 24.5. The first-order chi connectivity index (χ1) is 21.0. The molecule has 2 saturated heterocycles. The zero-order chi connectivity index (χ0) is 30.0. The van der Waals surface area contributed by atoms with Gasteiger partial charge in [-0.2, -0.15) is 0 Å². The molecule has 43 heavy (non-hydrogen) atoms. The van der Waals surface area contributed by atoms with Crippen LogP contribution >= 0.6 is 23.4 Å². The molecule has 0 unspecified atom stereocenters. The van der Waals surface area contributed by atoms with Crippen molar-refractivity contribution in [2.45, 2.75) is 30.7 Å². The van der Waals surface area contributed by atoms with Crippen LogP contribution in [-0.4, -0.2) is 84.1 Å². The van der Waals surface area contributed by atoms with Crippen LogP contribution in [0.2, 0.25) is 5.15 Å². The Hall–Kier alpha value is -3.40. The number of aromatic nitrogens is 2. The number of amides is 1. The number of benzene rings is 2. The molecule has 5 rings (SSSR count). The minimum absolute atomic E-state index is 0.00912. The van der Waals surface area contributed by atoms with Crippen molar-refractivity contribution in [2.24, 2.45) is 5.92 Å². The molecular weight excluding hydrogens is 582 g/mol. The molecular formula is C33H38ClN5O3S. The zero-order valence-corrected chi connectivity index (χ0v) is 26.1. The third kappa shape index (κ3) is 8.81. The SMILES string of the molecule is CCOC(=O)C1CCN(C(=O)c2cccc(CSc3nc(Cl)cc(N4CCN(CC=Cc5ccccc5)CC4)n3)c2)CC1. The summed E-state index contributed by atoms with van der Waals surface area (Å²) in [6, 6.07) is 19.9. The second-order valence-electron chi connectivity index (χ2n) is 10.7. The molecule has 8 nitrogen and oxygen atoms in total. The molecule has 2 fully saturated rings. The highest BCUT2D eigenvalue weighted by Gasteiger charge is 2.28. The van der Waals surface area contributed by atoms with Gasteiger partial charge >= 0.3 is 5.97 Å². The number of rotatable bonds is 10. The number of piperidine rings is 1. The number of thioether (sulfide) groups is 1.